The van der Waals surface area contributed by atoms with Crippen molar-refractivity contribution in [3.05, 3.63) is 48.5 Å². The van der Waals surface area contributed by atoms with Gasteiger partial charge in [-0.15, -0.1) is 0 Å². The molecule has 7 heteroatoms. The van der Waals surface area contributed by atoms with Crippen molar-refractivity contribution in [1.29, 1.82) is 0 Å². The zero-order valence-corrected chi connectivity index (χ0v) is 17.0. The molecule has 7 nitrogen and oxygen atoms in total. The molecule has 1 unspecified atom stereocenters. The molecule has 2 rings (SSSR count). The number of nitrogens with one attached hydrogen (secondary N) is 1. The van der Waals surface area contributed by atoms with Crippen molar-refractivity contribution in [3.63, 3.8) is 0 Å². The van der Waals surface area contributed by atoms with Crippen molar-refractivity contribution in [3.8, 4) is 17.2 Å². The van der Waals surface area contributed by atoms with Crippen LogP contribution in [-0.4, -0.2) is 38.3 Å². The van der Waals surface area contributed by atoms with Crippen molar-refractivity contribution >= 4 is 17.6 Å². The van der Waals surface area contributed by atoms with Gasteiger partial charge in [0.2, 0.25) is 0 Å². The highest BCUT2D eigenvalue weighted by Crippen LogP contribution is 2.24. The summed E-state index contributed by atoms with van der Waals surface area (Å²) in [6.07, 6.45) is -0.282. The molecule has 1 atom stereocenters. The Morgan fingerprint density at radius 1 is 1.00 bits per heavy atom. The molecule has 0 aliphatic heterocycles. The third-order valence-corrected chi connectivity index (χ3v) is 3.98. The van der Waals surface area contributed by atoms with Crippen molar-refractivity contribution in [2.45, 2.75) is 32.8 Å². The first kappa shape index (κ1) is 22.1. The maximum Gasteiger partial charge on any atom is 0.306 e. The van der Waals surface area contributed by atoms with Crippen LogP contribution >= 0.6 is 0 Å². The van der Waals surface area contributed by atoms with Crippen molar-refractivity contribution in [2.75, 3.05) is 25.6 Å². The second kappa shape index (κ2) is 11.6. The van der Waals surface area contributed by atoms with Crippen LogP contribution in [0.3, 0.4) is 0 Å². The Morgan fingerprint density at radius 3 is 2.38 bits per heavy atom. The average molecular weight is 401 g/mol. The maximum absolute atomic E-state index is 12.3. The summed E-state index contributed by atoms with van der Waals surface area (Å²) in [6, 6.07) is 14.3. The van der Waals surface area contributed by atoms with Gasteiger partial charge in [0.15, 0.2) is 6.10 Å². The van der Waals surface area contributed by atoms with Crippen molar-refractivity contribution in [1.82, 2.24) is 0 Å². The number of carbonyl (C=O) groups is 2. The lowest BCUT2D eigenvalue weighted by Gasteiger charge is -2.15. The second-order valence-electron chi connectivity index (χ2n) is 6.18. The highest BCUT2D eigenvalue weighted by Gasteiger charge is 2.19. The number of hydrogen-bond donors (Lipinski definition) is 1. The monoisotopic (exact) mass is 401 g/mol. The largest absolute Gasteiger partial charge is 0.497 e. The lowest BCUT2D eigenvalue weighted by Crippen LogP contribution is -2.30. The SMILES string of the molecule is CCOc1ccccc1NC(=O)C(C)OC(=O)CCCOc1ccc(OC)cc1. The number of rotatable bonds is 11. The molecule has 156 valence electrons. The molecule has 0 saturated carbocycles. The van der Waals surface area contributed by atoms with Crippen LogP contribution in [0.2, 0.25) is 0 Å². The van der Waals surface area contributed by atoms with Gasteiger partial charge in [0.05, 0.1) is 26.0 Å². The van der Waals surface area contributed by atoms with E-state index >= 15 is 0 Å². The van der Waals surface area contributed by atoms with E-state index in [1.807, 2.05) is 13.0 Å². The maximum atomic E-state index is 12.3. The molecule has 29 heavy (non-hydrogen) atoms. The summed E-state index contributed by atoms with van der Waals surface area (Å²) in [5.74, 6) is 1.14. The van der Waals surface area contributed by atoms with Gasteiger partial charge in [-0.25, -0.2) is 0 Å². The van der Waals surface area contributed by atoms with Crippen LogP contribution in [0, 0.1) is 0 Å². The third kappa shape index (κ3) is 7.37. The van der Waals surface area contributed by atoms with E-state index in [1.165, 1.54) is 6.92 Å². The molecule has 0 heterocycles. The standard InChI is InChI=1S/C22H27NO6/c1-4-27-20-9-6-5-8-19(20)23-22(25)16(2)29-21(24)10-7-15-28-18-13-11-17(26-3)12-14-18/h5-6,8-9,11-14,16H,4,7,10,15H2,1-3H3,(H,23,25). The van der Waals surface area contributed by atoms with E-state index in [2.05, 4.69) is 5.32 Å². The molecule has 0 radical (unpaired) electrons. The molecule has 0 saturated heterocycles. The molecule has 2 aromatic carbocycles. The molecule has 1 amide bonds. The van der Waals surface area contributed by atoms with Gasteiger partial charge in [0.25, 0.3) is 5.91 Å². The van der Waals surface area contributed by atoms with E-state index in [9.17, 15) is 9.59 Å². The van der Waals surface area contributed by atoms with Crippen LogP contribution in [0.4, 0.5) is 5.69 Å². The minimum Gasteiger partial charge on any atom is -0.497 e. The predicted molar refractivity (Wildman–Crippen MR) is 110 cm³/mol. The van der Waals surface area contributed by atoms with E-state index in [1.54, 1.807) is 49.6 Å². The minimum atomic E-state index is -0.917. The summed E-state index contributed by atoms with van der Waals surface area (Å²) in [5.41, 5.74) is 0.537. The zero-order chi connectivity index (χ0) is 21.1. The molecular formula is C22H27NO6. The van der Waals surface area contributed by atoms with Gasteiger partial charge in [0, 0.05) is 6.42 Å². The number of hydrogen-bond acceptors (Lipinski definition) is 6. The van der Waals surface area contributed by atoms with Gasteiger partial charge in [-0.1, -0.05) is 12.1 Å². The van der Waals surface area contributed by atoms with E-state index in [0.29, 0.717) is 36.8 Å². The molecule has 0 aromatic heterocycles. The van der Waals surface area contributed by atoms with Gasteiger partial charge in [0.1, 0.15) is 17.2 Å². The first-order valence-corrected chi connectivity index (χ1v) is 9.52. The topological polar surface area (TPSA) is 83.1 Å². The molecule has 0 aliphatic rings. The van der Waals surface area contributed by atoms with E-state index in [4.69, 9.17) is 18.9 Å². The number of esters is 1. The van der Waals surface area contributed by atoms with Gasteiger partial charge in [-0.2, -0.15) is 0 Å². The molecule has 1 N–H and O–H groups in total. The Balaban J connectivity index is 1.71. The number of methoxy groups -OCH3 is 1. The first-order valence-electron chi connectivity index (χ1n) is 9.52. The molecule has 0 aliphatic carbocycles. The fraction of sp³-hybridized carbons (Fsp3) is 0.364. The number of benzene rings is 2. The van der Waals surface area contributed by atoms with Crippen molar-refractivity contribution in [2.24, 2.45) is 0 Å². The number of ether oxygens (including phenoxy) is 4. The first-order chi connectivity index (χ1) is 14.0. The Kier molecular flexibility index (Phi) is 8.82. The Labute approximate surface area is 170 Å². The van der Waals surface area contributed by atoms with Crippen LogP contribution < -0.4 is 19.5 Å². The lowest BCUT2D eigenvalue weighted by atomic mass is 10.2. The van der Waals surface area contributed by atoms with Crippen LogP contribution in [0.5, 0.6) is 17.2 Å². The minimum absolute atomic E-state index is 0.156. The lowest BCUT2D eigenvalue weighted by molar-refractivity contribution is -0.153. The number of anilines is 1. The van der Waals surface area contributed by atoms with Gasteiger partial charge in [-0.05, 0) is 56.7 Å². The normalized spacial score (nSPS) is 11.3. The predicted octanol–water partition coefficient (Wildman–Crippen LogP) is 3.82. The molecular weight excluding hydrogens is 374 g/mol. The molecule has 0 bridgehead atoms. The summed E-state index contributed by atoms with van der Waals surface area (Å²) in [4.78, 5) is 24.3. The van der Waals surface area contributed by atoms with Crippen LogP contribution in [-0.2, 0) is 14.3 Å². The third-order valence-electron chi connectivity index (χ3n) is 3.98. The van der Waals surface area contributed by atoms with E-state index < -0.39 is 18.0 Å². The van der Waals surface area contributed by atoms with Crippen LogP contribution in [0.1, 0.15) is 26.7 Å². The van der Waals surface area contributed by atoms with E-state index in [-0.39, 0.29) is 6.42 Å². The molecule has 0 spiro atoms. The highest BCUT2D eigenvalue weighted by atomic mass is 16.5. The zero-order valence-electron chi connectivity index (χ0n) is 17.0. The van der Waals surface area contributed by atoms with Crippen molar-refractivity contribution < 1.29 is 28.5 Å². The number of amides is 1. The average Bonchev–Trinajstić information content (AvgIpc) is 2.73. The quantitative estimate of drug-likeness (QED) is 0.455. The number of carbonyl (C=O) groups excluding carboxylic acids is 2. The Hall–Kier alpha value is -3.22. The van der Waals surface area contributed by atoms with E-state index in [0.717, 1.165) is 5.75 Å². The highest BCUT2D eigenvalue weighted by molar-refractivity contribution is 5.96. The van der Waals surface area contributed by atoms with Crippen LogP contribution in [0.15, 0.2) is 48.5 Å². The fourth-order valence-electron chi connectivity index (χ4n) is 2.47. The summed E-state index contributed by atoms with van der Waals surface area (Å²) >= 11 is 0. The van der Waals surface area contributed by atoms with Gasteiger partial charge < -0.3 is 24.3 Å². The van der Waals surface area contributed by atoms with Gasteiger partial charge >= 0.3 is 5.97 Å². The van der Waals surface area contributed by atoms with Gasteiger partial charge in [-0.3, -0.25) is 9.59 Å². The fourth-order valence-corrected chi connectivity index (χ4v) is 2.47. The molecule has 2 aromatic rings. The summed E-state index contributed by atoms with van der Waals surface area (Å²) in [6.45, 7) is 4.24. The smallest absolute Gasteiger partial charge is 0.306 e. The Morgan fingerprint density at radius 2 is 1.69 bits per heavy atom. The van der Waals surface area contributed by atoms with Crippen LogP contribution in [0.25, 0.3) is 0 Å². The number of para-hydroxylation sites is 2. The summed E-state index contributed by atoms with van der Waals surface area (Å²) in [7, 11) is 1.60. The Bertz CT molecular complexity index is 790. The molecule has 0 fully saturated rings. The second-order valence-corrected chi connectivity index (χ2v) is 6.18. The summed E-state index contributed by atoms with van der Waals surface area (Å²) < 4.78 is 21.3. The summed E-state index contributed by atoms with van der Waals surface area (Å²) in [5, 5.41) is 2.72.